The lowest BCUT2D eigenvalue weighted by molar-refractivity contribution is -0.122. The molecular formula is C13H21ClN2OS. The van der Waals surface area contributed by atoms with Crippen LogP contribution in [-0.2, 0) is 11.2 Å². The number of hydrogen-bond acceptors (Lipinski definition) is 3. The van der Waals surface area contributed by atoms with E-state index in [2.05, 4.69) is 11.6 Å². The SMILES string of the molecule is CSCCCNC(=O)C(N)Cc1ccccc1.Cl. The number of nitrogens with one attached hydrogen (secondary N) is 1. The van der Waals surface area contributed by atoms with E-state index in [1.165, 1.54) is 0 Å². The average Bonchev–Trinajstić information content (AvgIpc) is 2.35. The van der Waals surface area contributed by atoms with Crippen LogP contribution in [-0.4, -0.2) is 30.5 Å². The molecular weight excluding hydrogens is 268 g/mol. The van der Waals surface area contributed by atoms with E-state index >= 15 is 0 Å². The number of rotatable bonds is 7. The number of hydrogen-bond donors (Lipinski definition) is 2. The summed E-state index contributed by atoms with van der Waals surface area (Å²) in [6, 6.07) is 9.39. The Morgan fingerprint density at radius 2 is 2.06 bits per heavy atom. The van der Waals surface area contributed by atoms with Gasteiger partial charge in [-0.05, 0) is 30.4 Å². The minimum atomic E-state index is -0.452. The molecule has 0 aromatic heterocycles. The summed E-state index contributed by atoms with van der Waals surface area (Å²) in [6.45, 7) is 0.710. The Bertz CT molecular complexity index is 335. The normalized spacial score (nSPS) is 11.4. The molecule has 0 aliphatic rings. The molecule has 0 spiro atoms. The first kappa shape index (κ1) is 17.3. The summed E-state index contributed by atoms with van der Waals surface area (Å²) in [4.78, 5) is 11.7. The molecule has 1 atom stereocenters. The fourth-order valence-corrected chi connectivity index (χ4v) is 1.95. The molecule has 3 nitrogen and oxygen atoms in total. The average molecular weight is 289 g/mol. The summed E-state index contributed by atoms with van der Waals surface area (Å²) in [5.74, 6) is 1.00. The van der Waals surface area contributed by atoms with Crippen LogP contribution in [0.2, 0.25) is 0 Å². The van der Waals surface area contributed by atoms with Crippen LogP contribution >= 0.6 is 24.2 Å². The maximum Gasteiger partial charge on any atom is 0.237 e. The number of carbonyl (C=O) groups excluding carboxylic acids is 1. The second kappa shape index (κ2) is 10.2. The monoisotopic (exact) mass is 288 g/mol. The summed E-state index contributed by atoms with van der Waals surface area (Å²) >= 11 is 1.78. The van der Waals surface area contributed by atoms with E-state index in [-0.39, 0.29) is 18.3 Å². The van der Waals surface area contributed by atoms with Crippen molar-refractivity contribution in [2.45, 2.75) is 18.9 Å². The number of amides is 1. The third-order valence-electron chi connectivity index (χ3n) is 2.46. The largest absolute Gasteiger partial charge is 0.355 e. The van der Waals surface area contributed by atoms with Crippen LogP contribution in [0.1, 0.15) is 12.0 Å². The molecule has 1 amide bonds. The van der Waals surface area contributed by atoms with Gasteiger partial charge in [-0.15, -0.1) is 12.4 Å². The van der Waals surface area contributed by atoms with Crippen molar-refractivity contribution in [1.82, 2.24) is 5.32 Å². The Balaban J connectivity index is 0.00000289. The lowest BCUT2D eigenvalue weighted by Crippen LogP contribution is -2.42. The molecule has 0 aliphatic heterocycles. The summed E-state index contributed by atoms with van der Waals surface area (Å²) in [5.41, 5.74) is 6.94. The molecule has 0 fully saturated rings. The smallest absolute Gasteiger partial charge is 0.237 e. The molecule has 1 rings (SSSR count). The van der Waals surface area contributed by atoms with Gasteiger partial charge in [-0.3, -0.25) is 4.79 Å². The van der Waals surface area contributed by atoms with Crippen molar-refractivity contribution < 1.29 is 4.79 Å². The van der Waals surface area contributed by atoms with Gasteiger partial charge >= 0.3 is 0 Å². The van der Waals surface area contributed by atoms with Crippen molar-refractivity contribution in [3.8, 4) is 0 Å². The van der Waals surface area contributed by atoms with Gasteiger partial charge in [0, 0.05) is 6.54 Å². The van der Waals surface area contributed by atoms with E-state index in [4.69, 9.17) is 5.73 Å². The molecule has 18 heavy (non-hydrogen) atoms. The molecule has 102 valence electrons. The van der Waals surface area contributed by atoms with E-state index in [1.54, 1.807) is 11.8 Å². The fourth-order valence-electron chi connectivity index (χ4n) is 1.52. The van der Waals surface area contributed by atoms with E-state index in [9.17, 15) is 4.79 Å². The van der Waals surface area contributed by atoms with E-state index in [1.807, 2.05) is 30.3 Å². The van der Waals surface area contributed by atoms with Gasteiger partial charge in [-0.1, -0.05) is 30.3 Å². The Labute approximate surface area is 119 Å². The maximum absolute atomic E-state index is 11.7. The third kappa shape index (κ3) is 6.89. The zero-order valence-corrected chi connectivity index (χ0v) is 12.2. The zero-order valence-electron chi connectivity index (χ0n) is 10.6. The van der Waals surface area contributed by atoms with Gasteiger partial charge in [0.05, 0.1) is 6.04 Å². The van der Waals surface area contributed by atoms with Crippen LogP contribution in [0.3, 0.4) is 0 Å². The van der Waals surface area contributed by atoms with E-state index < -0.39 is 6.04 Å². The van der Waals surface area contributed by atoms with Crippen LogP contribution in [0, 0.1) is 0 Å². The van der Waals surface area contributed by atoms with Gasteiger partial charge in [0.2, 0.25) is 5.91 Å². The number of nitrogens with two attached hydrogens (primary N) is 1. The van der Waals surface area contributed by atoms with Crippen molar-refractivity contribution in [2.24, 2.45) is 5.73 Å². The third-order valence-corrected chi connectivity index (χ3v) is 3.16. The highest BCUT2D eigenvalue weighted by Gasteiger charge is 2.12. The van der Waals surface area contributed by atoms with Crippen LogP contribution in [0.15, 0.2) is 30.3 Å². The first-order chi connectivity index (χ1) is 8.24. The van der Waals surface area contributed by atoms with Crippen LogP contribution < -0.4 is 11.1 Å². The Morgan fingerprint density at radius 1 is 1.39 bits per heavy atom. The number of carbonyl (C=O) groups is 1. The molecule has 3 N–H and O–H groups in total. The van der Waals surface area contributed by atoms with Gasteiger partial charge in [-0.25, -0.2) is 0 Å². The summed E-state index contributed by atoms with van der Waals surface area (Å²) in [7, 11) is 0. The number of thioether (sulfide) groups is 1. The second-order valence-electron chi connectivity index (χ2n) is 3.93. The molecule has 0 aliphatic carbocycles. The highest BCUT2D eigenvalue weighted by atomic mass is 35.5. The Morgan fingerprint density at radius 3 is 2.67 bits per heavy atom. The first-order valence-corrected chi connectivity index (χ1v) is 7.19. The number of halogens is 1. The first-order valence-electron chi connectivity index (χ1n) is 5.80. The van der Waals surface area contributed by atoms with Crippen molar-refractivity contribution in [3.63, 3.8) is 0 Å². The van der Waals surface area contributed by atoms with Crippen LogP contribution in [0.4, 0.5) is 0 Å². The van der Waals surface area contributed by atoms with Crippen LogP contribution in [0.25, 0.3) is 0 Å². The lowest BCUT2D eigenvalue weighted by atomic mass is 10.1. The Kier molecular flexibility index (Phi) is 9.83. The summed E-state index contributed by atoms with van der Waals surface area (Å²) < 4.78 is 0. The molecule has 0 saturated heterocycles. The molecule has 0 radical (unpaired) electrons. The highest BCUT2D eigenvalue weighted by molar-refractivity contribution is 7.98. The molecule has 0 heterocycles. The van der Waals surface area contributed by atoms with Gasteiger partial charge in [0.1, 0.15) is 0 Å². The van der Waals surface area contributed by atoms with Gasteiger partial charge in [0.25, 0.3) is 0 Å². The highest BCUT2D eigenvalue weighted by Crippen LogP contribution is 2.02. The minimum absolute atomic E-state index is 0. The quantitative estimate of drug-likeness (QED) is 0.753. The predicted octanol–water partition coefficient (Wildman–Crippen LogP) is 1.85. The topological polar surface area (TPSA) is 55.1 Å². The van der Waals surface area contributed by atoms with Crippen molar-refractivity contribution >= 4 is 30.1 Å². The summed E-state index contributed by atoms with van der Waals surface area (Å²) in [5, 5.41) is 2.86. The predicted molar refractivity (Wildman–Crippen MR) is 81.4 cm³/mol. The van der Waals surface area contributed by atoms with E-state index in [0.717, 1.165) is 17.7 Å². The molecule has 0 bridgehead atoms. The van der Waals surface area contributed by atoms with Crippen molar-refractivity contribution in [3.05, 3.63) is 35.9 Å². The second-order valence-corrected chi connectivity index (χ2v) is 4.92. The standard InChI is InChI=1S/C13H20N2OS.ClH/c1-17-9-5-8-15-13(16)12(14)10-11-6-3-2-4-7-11;/h2-4,6-7,12H,5,8-10,14H2,1H3,(H,15,16);1H. The molecule has 1 aromatic rings. The molecule has 0 saturated carbocycles. The van der Waals surface area contributed by atoms with Gasteiger partial charge in [0.15, 0.2) is 0 Å². The maximum atomic E-state index is 11.7. The van der Waals surface area contributed by atoms with Crippen molar-refractivity contribution in [1.29, 1.82) is 0 Å². The number of benzene rings is 1. The zero-order chi connectivity index (χ0) is 12.5. The van der Waals surface area contributed by atoms with E-state index in [0.29, 0.717) is 13.0 Å². The molecule has 1 unspecified atom stereocenters. The Hall–Kier alpha value is -0.710. The summed E-state index contributed by atoms with van der Waals surface area (Å²) in [6.07, 6.45) is 3.64. The molecule has 1 aromatic carbocycles. The lowest BCUT2D eigenvalue weighted by Gasteiger charge is -2.12. The van der Waals surface area contributed by atoms with Crippen LogP contribution in [0.5, 0.6) is 0 Å². The fraction of sp³-hybridized carbons (Fsp3) is 0.462. The van der Waals surface area contributed by atoms with Gasteiger partial charge in [-0.2, -0.15) is 11.8 Å². The van der Waals surface area contributed by atoms with Crippen molar-refractivity contribution in [2.75, 3.05) is 18.6 Å². The minimum Gasteiger partial charge on any atom is -0.355 e. The molecule has 5 heteroatoms. The van der Waals surface area contributed by atoms with Gasteiger partial charge < -0.3 is 11.1 Å².